The normalized spacial score (nSPS) is 13.1. The van der Waals surface area contributed by atoms with E-state index >= 15 is 0 Å². The molecule has 13 heteroatoms. The summed E-state index contributed by atoms with van der Waals surface area (Å²) in [6.07, 6.45) is -0.502. The van der Waals surface area contributed by atoms with Crippen LogP contribution in [0.2, 0.25) is 0 Å². The van der Waals surface area contributed by atoms with Gasteiger partial charge in [0.2, 0.25) is 10.0 Å². The van der Waals surface area contributed by atoms with Gasteiger partial charge in [0.15, 0.2) is 6.29 Å². The molecule has 0 aliphatic carbocycles. The van der Waals surface area contributed by atoms with E-state index in [0.29, 0.717) is 5.56 Å². The molecule has 0 saturated heterocycles. The molecule has 0 aliphatic rings. The average molecular weight is 515 g/mol. The number of anilines is 1. The first-order chi connectivity index (χ1) is 15.7. The molecule has 0 bridgehead atoms. The fourth-order valence-electron chi connectivity index (χ4n) is 3.39. The van der Waals surface area contributed by atoms with Gasteiger partial charge in [0, 0.05) is 37.5 Å². The second-order valence-electron chi connectivity index (χ2n) is 7.56. The van der Waals surface area contributed by atoms with Crippen LogP contribution in [-0.4, -0.2) is 60.7 Å². The van der Waals surface area contributed by atoms with Crippen LogP contribution in [0.15, 0.2) is 40.8 Å². The molecule has 0 aliphatic heterocycles. The van der Waals surface area contributed by atoms with Crippen molar-refractivity contribution in [3.05, 3.63) is 53.3 Å². The van der Waals surface area contributed by atoms with E-state index in [-0.39, 0.29) is 33.5 Å². The lowest BCUT2D eigenvalue weighted by Crippen LogP contribution is -2.27. The van der Waals surface area contributed by atoms with Gasteiger partial charge in [-0.15, -0.1) is 0 Å². The molecule has 1 heterocycles. The molecule has 0 radical (unpaired) electrons. The number of nitrogens with one attached hydrogen (secondary N) is 1. The summed E-state index contributed by atoms with van der Waals surface area (Å²) in [6, 6.07) is 8.02. The fraction of sp³-hybridized carbons (Fsp3) is 0.286. The van der Waals surface area contributed by atoms with Crippen LogP contribution in [0.4, 0.5) is 10.1 Å². The predicted octanol–water partition coefficient (Wildman–Crippen LogP) is 1.83. The Hall–Kier alpha value is -3.00. The Labute approximate surface area is 196 Å². The number of rotatable bonds is 8. The molecule has 1 atom stereocenters. The molecule has 2 aromatic carbocycles. The molecule has 1 aromatic heterocycles. The van der Waals surface area contributed by atoms with Crippen LogP contribution < -0.4 is 9.62 Å². The molecule has 0 saturated carbocycles. The summed E-state index contributed by atoms with van der Waals surface area (Å²) < 4.78 is 72.1. The topological polar surface area (TPSA) is 143 Å². The van der Waals surface area contributed by atoms with Gasteiger partial charge in [0.1, 0.15) is 17.2 Å². The largest absolute Gasteiger partial charge is 0.455 e. The summed E-state index contributed by atoms with van der Waals surface area (Å²) in [5.74, 6) is -0.894. The van der Waals surface area contributed by atoms with Gasteiger partial charge < -0.3 is 14.8 Å². The highest BCUT2D eigenvalue weighted by molar-refractivity contribution is 7.92. The Kier molecular flexibility index (Phi) is 7.03. The van der Waals surface area contributed by atoms with E-state index < -0.39 is 44.6 Å². The van der Waals surface area contributed by atoms with Gasteiger partial charge in [-0.05, 0) is 35.9 Å². The number of hydrogen-bond donors (Lipinski definition) is 2. The summed E-state index contributed by atoms with van der Waals surface area (Å²) in [6.45, 7) is 0. The van der Waals surface area contributed by atoms with Crippen LogP contribution in [0.5, 0.6) is 0 Å². The lowest BCUT2D eigenvalue weighted by atomic mass is 10.0. The van der Waals surface area contributed by atoms with Crippen molar-refractivity contribution in [1.82, 2.24) is 5.32 Å². The molecule has 0 spiro atoms. The predicted molar refractivity (Wildman–Crippen MR) is 124 cm³/mol. The number of furan rings is 1. The number of nitrogens with zero attached hydrogens (tertiary/aromatic N) is 1. The van der Waals surface area contributed by atoms with E-state index in [4.69, 9.17) is 4.42 Å². The van der Waals surface area contributed by atoms with Crippen molar-refractivity contribution < 1.29 is 39.7 Å². The third-order valence-corrected chi connectivity index (χ3v) is 6.73. The molecule has 1 amide bonds. The average Bonchev–Trinajstić information content (AvgIpc) is 3.08. The Morgan fingerprint density at radius 2 is 1.79 bits per heavy atom. The van der Waals surface area contributed by atoms with E-state index in [2.05, 4.69) is 9.50 Å². The van der Waals surface area contributed by atoms with Gasteiger partial charge in [-0.1, -0.05) is 0 Å². The summed E-state index contributed by atoms with van der Waals surface area (Å²) in [4.78, 5) is 12.7. The van der Waals surface area contributed by atoms with Gasteiger partial charge in [-0.2, -0.15) is 8.42 Å². The lowest BCUT2D eigenvalue weighted by molar-refractivity contribution is -0.00948. The summed E-state index contributed by atoms with van der Waals surface area (Å²) in [5.41, 5.74) is 0.890. The molecule has 2 N–H and O–H groups in total. The Morgan fingerprint density at radius 1 is 1.18 bits per heavy atom. The van der Waals surface area contributed by atoms with Crippen molar-refractivity contribution in [2.45, 2.75) is 12.7 Å². The van der Waals surface area contributed by atoms with Crippen molar-refractivity contribution in [1.29, 1.82) is 0 Å². The van der Waals surface area contributed by atoms with Crippen LogP contribution in [-0.2, 0) is 30.7 Å². The highest BCUT2D eigenvalue weighted by atomic mass is 32.2. The smallest absolute Gasteiger partial charge is 0.266 e. The van der Waals surface area contributed by atoms with Gasteiger partial charge >= 0.3 is 0 Å². The maximum absolute atomic E-state index is 13.4. The molecular weight excluding hydrogens is 491 g/mol. The summed E-state index contributed by atoms with van der Waals surface area (Å²) >= 11 is 0. The molecule has 1 unspecified atom stereocenters. The monoisotopic (exact) mass is 514 g/mol. The Bertz CT molecular complexity index is 1450. The highest BCUT2D eigenvalue weighted by Gasteiger charge is 2.26. The van der Waals surface area contributed by atoms with Crippen LogP contribution in [0.1, 0.15) is 15.9 Å². The lowest BCUT2D eigenvalue weighted by Gasteiger charge is -2.21. The van der Waals surface area contributed by atoms with Crippen molar-refractivity contribution >= 4 is 42.7 Å². The number of hydrogen-bond acceptors (Lipinski definition) is 8. The summed E-state index contributed by atoms with van der Waals surface area (Å²) in [7, 11) is -5.09. The van der Waals surface area contributed by atoms with Crippen molar-refractivity contribution in [2.75, 3.05) is 30.9 Å². The Balaban J connectivity index is 2.29. The van der Waals surface area contributed by atoms with Crippen LogP contribution in [0.3, 0.4) is 0 Å². The van der Waals surface area contributed by atoms with Crippen LogP contribution in [0.25, 0.3) is 22.3 Å². The van der Waals surface area contributed by atoms with Gasteiger partial charge in [-0.3, -0.25) is 9.10 Å². The van der Waals surface area contributed by atoms with Crippen molar-refractivity contribution in [3.63, 3.8) is 0 Å². The zero-order valence-corrected chi connectivity index (χ0v) is 20.3. The fourth-order valence-corrected chi connectivity index (χ4v) is 4.39. The number of carbonyl (C=O) groups excluding carboxylic acids is 1. The maximum atomic E-state index is 13.4. The number of amides is 1. The second kappa shape index (κ2) is 9.33. The SMILES string of the molecule is CNC(=O)c1c(-c2ccc(F)cc2)oc2cc(N(C)S(C)(=O)=O)c(CC(O)OS(C)(=O)=O)cc12. The molecule has 3 aromatic rings. The van der Waals surface area contributed by atoms with E-state index in [0.717, 1.165) is 16.8 Å². The number of carbonyl (C=O) groups is 1. The molecule has 184 valence electrons. The minimum atomic E-state index is -4.00. The standard InChI is InChI=1S/C21H23FN2O8S2/c1-23-21(26)19-15-9-13(10-18(25)32-34(4,29)30)16(24(2)33(3,27)28)11-17(15)31-20(19)12-5-7-14(22)8-6-12/h5-9,11,18,25H,10H2,1-4H3,(H,23,26). The number of aliphatic hydroxyl groups excluding tert-OH is 1. The van der Waals surface area contributed by atoms with Crippen LogP contribution in [0, 0.1) is 5.82 Å². The second-order valence-corrected chi connectivity index (χ2v) is 11.2. The molecule has 0 fully saturated rings. The zero-order chi connectivity index (χ0) is 25.4. The first-order valence-corrected chi connectivity index (χ1v) is 13.5. The van der Waals surface area contributed by atoms with Gasteiger partial charge in [-0.25, -0.2) is 17.0 Å². The number of fused-ring (bicyclic) bond motifs is 1. The van der Waals surface area contributed by atoms with Crippen molar-refractivity contribution in [2.24, 2.45) is 0 Å². The minimum Gasteiger partial charge on any atom is -0.455 e. The first kappa shape index (κ1) is 25.6. The van der Waals surface area contributed by atoms with E-state index in [1.165, 1.54) is 50.5 Å². The van der Waals surface area contributed by atoms with Crippen molar-refractivity contribution in [3.8, 4) is 11.3 Å². The van der Waals surface area contributed by atoms with E-state index in [1.54, 1.807) is 0 Å². The number of sulfonamides is 1. The first-order valence-electron chi connectivity index (χ1n) is 9.79. The molecule has 10 nitrogen and oxygen atoms in total. The minimum absolute atomic E-state index is 0.0778. The molecule has 3 rings (SSSR count). The van der Waals surface area contributed by atoms with E-state index in [9.17, 15) is 31.1 Å². The third kappa shape index (κ3) is 5.55. The highest BCUT2D eigenvalue weighted by Crippen LogP contribution is 2.38. The van der Waals surface area contributed by atoms with Gasteiger partial charge in [0.25, 0.3) is 16.0 Å². The Morgan fingerprint density at radius 3 is 2.32 bits per heavy atom. The van der Waals surface area contributed by atoms with E-state index in [1.807, 2.05) is 0 Å². The molecular formula is C21H23FN2O8S2. The molecule has 34 heavy (non-hydrogen) atoms. The maximum Gasteiger partial charge on any atom is 0.266 e. The zero-order valence-electron chi connectivity index (χ0n) is 18.7. The van der Waals surface area contributed by atoms with Crippen LogP contribution >= 0.6 is 0 Å². The number of aliphatic hydroxyl groups is 1. The number of halogens is 1. The quantitative estimate of drug-likeness (QED) is 0.342. The number of benzene rings is 2. The third-order valence-electron chi connectivity index (χ3n) is 4.97. The van der Waals surface area contributed by atoms with Gasteiger partial charge in [0.05, 0.1) is 23.8 Å². The summed E-state index contributed by atoms with van der Waals surface area (Å²) in [5, 5.41) is 12.9.